The fourth-order valence-electron chi connectivity index (χ4n) is 5.04. The van der Waals surface area contributed by atoms with Crippen molar-refractivity contribution in [3.05, 3.63) is 71.4 Å². The van der Waals surface area contributed by atoms with Crippen LogP contribution in [0.3, 0.4) is 0 Å². The Morgan fingerprint density at radius 1 is 1.11 bits per heavy atom. The molecule has 3 amide bonds. The molecule has 1 saturated heterocycles. The largest absolute Gasteiger partial charge is 0.444 e. The van der Waals surface area contributed by atoms with E-state index in [9.17, 15) is 14.4 Å². The number of nitrogens with two attached hydrogens (primary N) is 1. The molecule has 0 radical (unpaired) electrons. The van der Waals surface area contributed by atoms with Crippen molar-refractivity contribution in [3.8, 4) is 0 Å². The molecule has 38 heavy (non-hydrogen) atoms. The van der Waals surface area contributed by atoms with Gasteiger partial charge in [0.2, 0.25) is 11.8 Å². The van der Waals surface area contributed by atoms with Gasteiger partial charge in [0.05, 0.1) is 5.92 Å². The lowest BCUT2D eigenvalue weighted by Gasteiger charge is -2.44. The van der Waals surface area contributed by atoms with Crippen LogP contribution in [-0.2, 0) is 27.3 Å². The smallest absolute Gasteiger partial charge is 0.411 e. The van der Waals surface area contributed by atoms with E-state index >= 15 is 0 Å². The molecule has 198 valence electrons. The first-order chi connectivity index (χ1) is 18.1. The predicted molar refractivity (Wildman–Crippen MR) is 144 cm³/mol. The first-order valence-electron chi connectivity index (χ1n) is 12.9. The number of ether oxygens (including phenoxy) is 1. The number of rotatable bonds is 4. The summed E-state index contributed by atoms with van der Waals surface area (Å²) in [5.41, 5.74) is 8.07. The SMILES string of the molecule is CC(C)(C)OC(=O)N1CCc2ccccc2C1C(=O)N1CC(C(=O)NCc2ccc3c(N)nccc3c2)C1. The Kier molecular flexibility index (Phi) is 6.69. The normalized spacial score (nSPS) is 17.5. The quantitative estimate of drug-likeness (QED) is 0.550. The molecule has 3 aromatic rings. The number of pyridine rings is 1. The van der Waals surface area contributed by atoms with Crippen LogP contribution < -0.4 is 11.1 Å². The van der Waals surface area contributed by atoms with Crippen LogP contribution in [0.2, 0.25) is 0 Å². The lowest BCUT2D eigenvalue weighted by molar-refractivity contribution is -0.148. The van der Waals surface area contributed by atoms with Gasteiger partial charge in [0, 0.05) is 37.8 Å². The summed E-state index contributed by atoms with van der Waals surface area (Å²) in [7, 11) is 0. The number of hydrogen-bond acceptors (Lipinski definition) is 6. The highest BCUT2D eigenvalue weighted by Crippen LogP contribution is 2.34. The number of anilines is 1. The summed E-state index contributed by atoms with van der Waals surface area (Å²) in [5, 5.41) is 4.82. The van der Waals surface area contributed by atoms with Gasteiger partial charge >= 0.3 is 6.09 Å². The number of nitrogens with one attached hydrogen (secondary N) is 1. The molecule has 0 spiro atoms. The summed E-state index contributed by atoms with van der Waals surface area (Å²) in [5.74, 6) is -0.111. The van der Waals surface area contributed by atoms with Gasteiger partial charge in [-0.05, 0) is 61.4 Å². The van der Waals surface area contributed by atoms with E-state index < -0.39 is 17.7 Å². The fraction of sp³-hybridized carbons (Fsp3) is 0.379. The van der Waals surface area contributed by atoms with Gasteiger partial charge in [-0.15, -0.1) is 0 Å². The van der Waals surface area contributed by atoms with Gasteiger partial charge in [-0.2, -0.15) is 0 Å². The Labute approximate surface area is 221 Å². The summed E-state index contributed by atoms with van der Waals surface area (Å²) < 4.78 is 5.61. The molecule has 1 atom stereocenters. The maximum absolute atomic E-state index is 13.7. The molecular formula is C29H33N5O4. The van der Waals surface area contributed by atoms with Crippen molar-refractivity contribution >= 4 is 34.5 Å². The number of fused-ring (bicyclic) bond motifs is 2. The summed E-state index contributed by atoms with van der Waals surface area (Å²) >= 11 is 0. The highest BCUT2D eigenvalue weighted by atomic mass is 16.6. The number of hydrogen-bond donors (Lipinski definition) is 2. The molecule has 1 fully saturated rings. The van der Waals surface area contributed by atoms with Crippen LogP contribution in [0, 0.1) is 5.92 Å². The maximum atomic E-state index is 13.7. The van der Waals surface area contributed by atoms with Crippen LogP contribution in [0.1, 0.15) is 43.5 Å². The van der Waals surface area contributed by atoms with Gasteiger partial charge in [-0.1, -0.05) is 36.4 Å². The molecule has 2 aliphatic heterocycles. The minimum Gasteiger partial charge on any atom is -0.444 e. The molecule has 1 aromatic heterocycles. The van der Waals surface area contributed by atoms with Crippen LogP contribution in [0.5, 0.6) is 0 Å². The van der Waals surface area contributed by atoms with E-state index in [-0.39, 0.29) is 17.7 Å². The molecule has 0 aliphatic carbocycles. The Morgan fingerprint density at radius 2 is 1.87 bits per heavy atom. The number of aromatic nitrogens is 1. The van der Waals surface area contributed by atoms with Gasteiger partial charge in [0.25, 0.3) is 0 Å². The summed E-state index contributed by atoms with van der Waals surface area (Å²) in [6.07, 6.45) is 1.81. The van der Waals surface area contributed by atoms with Crippen molar-refractivity contribution in [2.75, 3.05) is 25.4 Å². The first kappa shape index (κ1) is 25.5. The minimum absolute atomic E-state index is 0.101. The van der Waals surface area contributed by atoms with Crippen molar-refractivity contribution in [2.45, 2.75) is 45.4 Å². The van der Waals surface area contributed by atoms with Gasteiger partial charge in [-0.25, -0.2) is 9.78 Å². The highest BCUT2D eigenvalue weighted by Gasteiger charge is 2.44. The lowest BCUT2D eigenvalue weighted by atomic mass is 9.90. The van der Waals surface area contributed by atoms with E-state index in [0.717, 1.165) is 27.5 Å². The third-order valence-electron chi connectivity index (χ3n) is 7.04. The minimum atomic E-state index is -0.765. The van der Waals surface area contributed by atoms with E-state index in [2.05, 4.69) is 10.3 Å². The third-order valence-corrected chi connectivity index (χ3v) is 7.04. The van der Waals surface area contributed by atoms with Gasteiger partial charge in [-0.3, -0.25) is 14.5 Å². The molecule has 3 N–H and O–H groups in total. The van der Waals surface area contributed by atoms with Crippen LogP contribution in [0.4, 0.5) is 10.6 Å². The third kappa shape index (κ3) is 5.14. The van der Waals surface area contributed by atoms with E-state index in [4.69, 9.17) is 10.5 Å². The lowest BCUT2D eigenvalue weighted by Crippen LogP contribution is -2.59. The van der Waals surface area contributed by atoms with Crippen molar-refractivity contribution in [3.63, 3.8) is 0 Å². The Bertz CT molecular complexity index is 1390. The number of nitrogen functional groups attached to an aromatic ring is 1. The van der Waals surface area contributed by atoms with Crippen molar-refractivity contribution in [1.82, 2.24) is 20.1 Å². The van der Waals surface area contributed by atoms with Crippen LogP contribution in [0.15, 0.2) is 54.7 Å². The Balaban J connectivity index is 1.23. The Morgan fingerprint density at radius 3 is 2.63 bits per heavy atom. The molecule has 3 heterocycles. The summed E-state index contributed by atoms with van der Waals surface area (Å²) in [4.78, 5) is 46.8. The number of carbonyl (C=O) groups is 3. The van der Waals surface area contributed by atoms with Crippen molar-refractivity contribution in [1.29, 1.82) is 0 Å². The zero-order valence-electron chi connectivity index (χ0n) is 21.9. The molecule has 0 saturated carbocycles. The number of amides is 3. The number of benzene rings is 2. The monoisotopic (exact) mass is 515 g/mol. The average Bonchev–Trinajstić information content (AvgIpc) is 2.84. The summed E-state index contributed by atoms with van der Waals surface area (Å²) in [6.45, 7) is 6.82. The molecular weight excluding hydrogens is 482 g/mol. The fourth-order valence-corrected chi connectivity index (χ4v) is 5.04. The number of nitrogens with zero attached hydrogens (tertiary/aromatic N) is 3. The van der Waals surface area contributed by atoms with E-state index in [0.29, 0.717) is 38.4 Å². The van der Waals surface area contributed by atoms with Crippen LogP contribution >= 0.6 is 0 Å². The standard InChI is InChI=1S/C29H33N5O4/c1-29(2,3)38-28(37)34-13-11-19-6-4-5-7-22(19)24(34)27(36)33-16-21(17-33)26(35)32-15-18-8-9-23-20(14-18)10-12-31-25(23)30/h4-10,12,14,21,24H,11,13,15-17H2,1-3H3,(H2,30,31)(H,32,35). The Hall–Kier alpha value is -4.14. The van der Waals surface area contributed by atoms with Crippen molar-refractivity contribution < 1.29 is 19.1 Å². The molecule has 2 aliphatic rings. The highest BCUT2D eigenvalue weighted by molar-refractivity contribution is 5.92. The maximum Gasteiger partial charge on any atom is 0.411 e. The van der Waals surface area contributed by atoms with Crippen LogP contribution in [-0.4, -0.2) is 57.9 Å². The molecule has 5 rings (SSSR count). The summed E-state index contributed by atoms with van der Waals surface area (Å²) in [6, 6.07) is 14.6. The van der Waals surface area contributed by atoms with Crippen LogP contribution in [0.25, 0.3) is 10.8 Å². The topological polar surface area (TPSA) is 118 Å². The second-order valence-corrected chi connectivity index (χ2v) is 10.9. The van der Waals surface area contributed by atoms with Gasteiger partial charge < -0.3 is 20.7 Å². The van der Waals surface area contributed by atoms with E-state index in [1.807, 2.05) is 69.3 Å². The van der Waals surface area contributed by atoms with E-state index in [1.54, 1.807) is 11.1 Å². The average molecular weight is 516 g/mol. The molecule has 9 heteroatoms. The van der Waals surface area contributed by atoms with Gasteiger partial charge in [0.1, 0.15) is 17.5 Å². The zero-order valence-corrected chi connectivity index (χ0v) is 21.9. The molecule has 1 unspecified atom stereocenters. The second kappa shape index (κ2) is 9.96. The number of carbonyl (C=O) groups excluding carboxylic acids is 3. The molecule has 9 nitrogen and oxygen atoms in total. The van der Waals surface area contributed by atoms with Gasteiger partial charge in [0.15, 0.2) is 0 Å². The predicted octanol–water partition coefficient (Wildman–Crippen LogP) is 3.43. The second-order valence-electron chi connectivity index (χ2n) is 10.9. The molecule has 0 bridgehead atoms. The van der Waals surface area contributed by atoms with E-state index in [1.165, 1.54) is 4.90 Å². The first-order valence-corrected chi connectivity index (χ1v) is 12.9. The van der Waals surface area contributed by atoms with Crippen molar-refractivity contribution in [2.24, 2.45) is 5.92 Å². The number of likely N-dealkylation sites (tertiary alicyclic amines) is 1. The zero-order chi connectivity index (χ0) is 27.0. The molecule has 2 aromatic carbocycles.